The summed E-state index contributed by atoms with van der Waals surface area (Å²) in [7, 11) is 1.79. The van der Waals surface area contributed by atoms with Gasteiger partial charge < -0.3 is 15.0 Å². The lowest BCUT2D eigenvalue weighted by atomic mass is 10.1. The van der Waals surface area contributed by atoms with E-state index in [1.165, 1.54) is 5.56 Å². The third-order valence-corrected chi connectivity index (χ3v) is 3.96. The fourth-order valence-corrected chi connectivity index (χ4v) is 2.64. The highest BCUT2D eigenvalue weighted by atomic mass is 15.2. The van der Waals surface area contributed by atoms with Gasteiger partial charge in [-0.3, -0.25) is 4.99 Å². The Balaban J connectivity index is 1.52. The summed E-state index contributed by atoms with van der Waals surface area (Å²) in [4.78, 5) is 8.90. The lowest BCUT2D eigenvalue weighted by molar-refractivity contribution is 0.683. The Hall–Kier alpha value is -2.82. The van der Waals surface area contributed by atoms with Crippen LogP contribution < -0.4 is 10.6 Å². The Morgan fingerprint density at radius 3 is 2.71 bits per heavy atom. The molecule has 2 heterocycles. The first-order valence-corrected chi connectivity index (χ1v) is 8.21. The molecule has 0 aliphatic heterocycles. The molecule has 0 aliphatic rings. The summed E-state index contributed by atoms with van der Waals surface area (Å²) in [6.45, 7) is 2.91. The van der Waals surface area contributed by atoms with E-state index < -0.39 is 0 Å². The van der Waals surface area contributed by atoms with Gasteiger partial charge in [-0.25, -0.2) is 4.98 Å². The van der Waals surface area contributed by atoms with E-state index in [0.717, 1.165) is 30.3 Å². The van der Waals surface area contributed by atoms with Gasteiger partial charge in [0, 0.05) is 32.4 Å². The average molecular weight is 321 g/mol. The molecule has 2 N–H and O–H groups in total. The van der Waals surface area contributed by atoms with Gasteiger partial charge in [0.1, 0.15) is 5.65 Å². The minimum absolute atomic E-state index is 0.201. The predicted molar refractivity (Wildman–Crippen MR) is 98.3 cm³/mol. The maximum atomic E-state index is 4.61. The Kier molecular flexibility index (Phi) is 5.11. The first kappa shape index (κ1) is 16.1. The summed E-state index contributed by atoms with van der Waals surface area (Å²) < 4.78 is 2.04. The number of rotatable bonds is 5. The van der Waals surface area contributed by atoms with Gasteiger partial charge in [-0.05, 0) is 24.6 Å². The van der Waals surface area contributed by atoms with E-state index >= 15 is 0 Å². The summed E-state index contributed by atoms with van der Waals surface area (Å²) in [6.07, 6.45) is 4.93. The third kappa shape index (κ3) is 3.93. The zero-order valence-electron chi connectivity index (χ0n) is 14.1. The number of aromatic nitrogens is 2. The monoisotopic (exact) mass is 321 g/mol. The van der Waals surface area contributed by atoms with Crippen LogP contribution in [-0.2, 0) is 6.42 Å². The Bertz CT molecular complexity index is 774. The van der Waals surface area contributed by atoms with Crippen LogP contribution in [0.5, 0.6) is 0 Å². The number of fused-ring (bicyclic) bond motifs is 1. The summed E-state index contributed by atoms with van der Waals surface area (Å²) in [5.41, 5.74) is 3.29. The Morgan fingerprint density at radius 2 is 1.96 bits per heavy atom. The van der Waals surface area contributed by atoms with Gasteiger partial charge in [0.2, 0.25) is 0 Å². The highest BCUT2D eigenvalue weighted by Gasteiger charge is 2.07. The molecule has 1 unspecified atom stereocenters. The number of guanidine groups is 1. The van der Waals surface area contributed by atoms with Gasteiger partial charge in [-0.1, -0.05) is 36.4 Å². The Labute approximate surface area is 142 Å². The summed E-state index contributed by atoms with van der Waals surface area (Å²) >= 11 is 0. The molecule has 24 heavy (non-hydrogen) atoms. The molecule has 2 aromatic heterocycles. The molecule has 5 nitrogen and oxygen atoms in total. The first-order valence-electron chi connectivity index (χ1n) is 8.21. The van der Waals surface area contributed by atoms with Crippen molar-refractivity contribution in [3.63, 3.8) is 0 Å². The molecule has 3 aromatic rings. The van der Waals surface area contributed by atoms with E-state index in [1.54, 1.807) is 7.05 Å². The van der Waals surface area contributed by atoms with Crippen molar-refractivity contribution >= 4 is 11.6 Å². The van der Waals surface area contributed by atoms with Crippen molar-refractivity contribution in [3.05, 3.63) is 72.2 Å². The van der Waals surface area contributed by atoms with E-state index in [-0.39, 0.29) is 6.04 Å². The van der Waals surface area contributed by atoms with Gasteiger partial charge >= 0.3 is 0 Å². The van der Waals surface area contributed by atoms with E-state index in [4.69, 9.17) is 0 Å². The van der Waals surface area contributed by atoms with Gasteiger partial charge in [-0.15, -0.1) is 0 Å². The smallest absolute Gasteiger partial charge is 0.191 e. The highest BCUT2D eigenvalue weighted by Crippen LogP contribution is 2.10. The van der Waals surface area contributed by atoms with Crippen molar-refractivity contribution in [2.45, 2.75) is 19.4 Å². The fraction of sp³-hybridized carbons (Fsp3) is 0.263. The molecule has 0 spiro atoms. The number of hydrogen-bond acceptors (Lipinski definition) is 2. The van der Waals surface area contributed by atoms with E-state index in [1.807, 2.05) is 47.0 Å². The second-order valence-electron chi connectivity index (χ2n) is 5.72. The first-order chi connectivity index (χ1) is 11.8. The van der Waals surface area contributed by atoms with Crippen LogP contribution in [-0.4, -0.2) is 28.9 Å². The second kappa shape index (κ2) is 7.64. The molecule has 0 bridgehead atoms. The van der Waals surface area contributed by atoms with Crippen LogP contribution in [0.3, 0.4) is 0 Å². The van der Waals surface area contributed by atoms with E-state index in [9.17, 15) is 0 Å². The minimum atomic E-state index is 0.201. The molecule has 0 saturated carbocycles. The zero-order valence-corrected chi connectivity index (χ0v) is 14.1. The Morgan fingerprint density at radius 1 is 1.17 bits per heavy atom. The molecule has 124 valence electrons. The van der Waals surface area contributed by atoms with Crippen LogP contribution in [0, 0.1) is 0 Å². The molecular formula is C19H23N5. The standard InChI is InChI=1S/C19H23N5/c1-15(16-8-4-3-5-9-16)22-19(20-2)21-12-11-17-14-24-13-7-6-10-18(24)23-17/h3-10,13-15H,11-12H2,1-2H3,(H2,20,21,22). The lowest BCUT2D eigenvalue weighted by Crippen LogP contribution is -2.39. The number of benzene rings is 1. The zero-order chi connectivity index (χ0) is 16.8. The van der Waals surface area contributed by atoms with Crippen molar-refractivity contribution in [2.75, 3.05) is 13.6 Å². The quantitative estimate of drug-likeness (QED) is 0.561. The topological polar surface area (TPSA) is 53.7 Å². The van der Waals surface area contributed by atoms with Crippen molar-refractivity contribution in [2.24, 2.45) is 4.99 Å². The van der Waals surface area contributed by atoms with Crippen molar-refractivity contribution < 1.29 is 0 Å². The van der Waals surface area contributed by atoms with Gasteiger partial charge in [0.05, 0.1) is 11.7 Å². The number of imidazole rings is 1. The molecule has 1 atom stereocenters. The van der Waals surface area contributed by atoms with Crippen molar-refractivity contribution in [1.82, 2.24) is 20.0 Å². The molecule has 0 saturated heterocycles. The van der Waals surface area contributed by atoms with E-state index in [0.29, 0.717) is 0 Å². The SMILES string of the molecule is CN=C(NCCc1cn2ccccc2n1)NC(C)c1ccccc1. The number of nitrogens with zero attached hydrogens (tertiary/aromatic N) is 3. The van der Waals surface area contributed by atoms with Crippen LogP contribution in [0.15, 0.2) is 65.9 Å². The van der Waals surface area contributed by atoms with Gasteiger partial charge in [-0.2, -0.15) is 0 Å². The summed E-state index contributed by atoms with van der Waals surface area (Å²) in [5, 5.41) is 6.76. The fourth-order valence-electron chi connectivity index (χ4n) is 2.64. The molecule has 0 amide bonds. The molecule has 0 aliphatic carbocycles. The molecule has 0 fully saturated rings. The van der Waals surface area contributed by atoms with Crippen LogP contribution >= 0.6 is 0 Å². The molecule has 0 radical (unpaired) electrons. The highest BCUT2D eigenvalue weighted by molar-refractivity contribution is 5.80. The summed E-state index contributed by atoms with van der Waals surface area (Å²) in [5.74, 6) is 0.801. The maximum absolute atomic E-state index is 4.61. The number of aliphatic imine (C=N–C) groups is 1. The van der Waals surface area contributed by atoms with Crippen LogP contribution in [0.4, 0.5) is 0 Å². The molecule has 3 rings (SSSR count). The normalized spacial score (nSPS) is 13.0. The van der Waals surface area contributed by atoms with Crippen LogP contribution in [0.2, 0.25) is 0 Å². The van der Waals surface area contributed by atoms with Gasteiger partial charge in [0.25, 0.3) is 0 Å². The second-order valence-corrected chi connectivity index (χ2v) is 5.72. The van der Waals surface area contributed by atoms with Crippen LogP contribution in [0.25, 0.3) is 5.65 Å². The largest absolute Gasteiger partial charge is 0.356 e. The predicted octanol–water partition coefficient (Wildman–Crippen LogP) is 2.80. The summed E-state index contributed by atoms with van der Waals surface area (Å²) in [6, 6.07) is 16.6. The molecule has 5 heteroatoms. The maximum Gasteiger partial charge on any atom is 0.191 e. The number of nitrogens with one attached hydrogen (secondary N) is 2. The molecule has 1 aromatic carbocycles. The van der Waals surface area contributed by atoms with E-state index in [2.05, 4.69) is 45.9 Å². The lowest BCUT2D eigenvalue weighted by Gasteiger charge is -2.18. The third-order valence-electron chi connectivity index (χ3n) is 3.96. The van der Waals surface area contributed by atoms with Crippen molar-refractivity contribution in [3.8, 4) is 0 Å². The van der Waals surface area contributed by atoms with Gasteiger partial charge in [0.15, 0.2) is 5.96 Å². The number of pyridine rings is 1. The molecular weight excluding hydrogens is 298 g/mol. The minimum Gasteiger partial charge on any atom is -0.356 e. The number of hydrogen-bond donors (Lipinski definition) is 2. The van der Waals surface area contributed by atoms with Crippen LogP contribution in [0.1, 0.15) is 24.2 Å². The average Bonchev–Trinajstić information content (AvgIpc) is 3.04. The van der Waals surface area contributed by atoms with Crippen molar-refractivity contribution in [1.29, 1.82) is 0 Å².